The molecule has 0 aliphatic carbocycles. The van der Waals surface area contributed by atoms with Gasteiger partial charge in [0.2, 0.25) is 0 Å². The summed E-state index contributed by atoms with van der Waals surface area (Å²) in [6, 6.07) is 6.27. The van der Waals surface area contributed by atoms with Gasteiger partial charge in [0.1, 0.15) is 6.07 Å². The van der Waals surface area contributed by atoms with Gasteiger partial charge in [-0.1, -0.05) is 19.8 Å². The predicted octanol–water partition coefficient (Wildman–Crippen LogP) is 2.40. The summed E-state index contributed by atoms with van der Waals surface area (Å²) in [5.41, 5.74) is 6.46. The third-order valence-corrected chi connectivity index (χ3v) is 2.88. The van der Waals surface area contributed by atoms with Crippen LogP contribution in [0.2, 0.25) is 0 Å². The number of nitrogens with two attached hydrogens (primary N) is 1. The van der Waals surface area contributed by atoms with Gasteiger partial charge in [0.05, 0.1) is 16.2 Å². The SMILES string of the molecule is CCCCC(CN)Nc1ccc([N+](=O)[O-])cc1C#N. The first-order valence-electron chi connectivity index (χ1n) is 6.27. The molecule has 0 fully saturated rings. The third kappa shape index (κ3) is 4.23. The molecule has 1 atom stereocenters. The average Bonchev–Trinajstić information content (AvgIpc) is 2.43. The number of benzene rings is 1. The minimum Gasteiger partial charge on any atom is -0.380 e. The smallest absolute Gasteiger partial charge is 0.270 e. The maximum atomic E-state index is 10.7. The van der Waals surface area contributed by atoms with Gasteiger partial charge in [-0.3, -0.25) is 10.1 Å². The van der Waals surface area contributed by atoms with Crippen LogP contribution in [-0.4, -0.2) is 17.5 Å². The lowest BCUT2D eigenvalue weighted by Crippen LogP contribution is -2.29. The zero-order valence-electron chi connectivity index (χ0n) is 10.9. The van der Waals surface area contributed by atoms with Crippen molar-refractivity contribution in [2.75, 3.05) is 11.9 Å². The molecule has 1 aromatic carbocycles. The standard InChI is InChI=1S/C13H18N4O2/c1-2-3-4-11(9-15)16-13-6-5-12(17(18)19)7-10(13)8-14/h5-7,11,16H,2-4,9,15H2,1H3. The summed E-state index contributed by atoms with van der Waals surface area (Å²) in [6.45, 7) is 2.56. The molecule has 0 saturated heterocycles. The summed E-state index contributed by atoms with van der Waals surface area (Å²) in [4.78, 5) is 10.1. The molecule has 0 amide bonds. The van der Waals surface area contributed by atoms with Crippen LogP contribution in [0.25, 0.3) is 0 Å². The van der Waals surface area contributed by atoms with Crippen molar-refractivity contribution in [3.05, 3.63) is 33.9 Å². The first kappa shape index (κ1) is 14.9. The third-order valence-electron chi connectivity index (χ3n) is 2.88. The Morgan fingerprint density at radius 1 is 1.58 bits per heavy atom. The highest BCUT2D eigenvalue weighted by atomic mass is 16.6. The number of nitro groups is 1. The molecule has 19 heavy (non-hydrogen) atoms. The fourth-order valence-corrected chi connectivity index (χ4v) is 1.78. The molecular formula is C13H18N4O2. The Hall–Kier alpha value is -2.13. The van der Waals surface area contributed by atoms with E-state index in [1.165, 1.54) is 12.1 Å². The Bertz CT molecular complexity index is 482. The molecular weight excluding hydrogens is 244 g/mol. The molecule has 102 valence electrons. The van der Waals surface area contributed by atoms with E-state index in [2.05, 4.69) is 12.2 Å². The van der Waals surface area contributed by atoms with Crippen LogP contribution >= 0.6 is 0 Å². The van der Waals surface area contributed by atoms with Crippen LogP contribution in [-0.2, 0) is 0 Å². The number of nitro benzene ring substituents is 1. The molecule has 0 aromatic heterocycles. The van der Waals surface area contributed by atoms with Crippen molar-refractivity contribution in [3.63, 3.8) is 0 Å². The number of nitrogens with zero attached hydrogens (tertiary/aromatic N) is 2. The van der Waals surface area contributed by atoms with E-state index in [0.29, 0.717) is 12.2 Å². The highest BCUT2D eigenvalue weighted by Gasteiger charge is 2.13. The van der Waals surface area contributed by atoms with E-state index in [0.717, 1.165) is 19.3 Å². The zero-order chi connectivity index (χ0) is 14.3. The second kappa shape index (κ2) is 7.34. The van der Waals surface area contributed by atoms with Crippen molar-refractivity contribution in [1.29, 1.82) is 5.26 Å². The Labute approximate surface area is 112 Å². The van der Waals surface area contributed by atoms with E-state index in [-0.39, 0.29) is 17.3 Å². The largest absolute Gasteiger partial charge is 0.380 e. The maximum Gasteiger partial charge on any atom is 0.270 e. The minimum absolute atomic E-state index is 0.0773. The minimum atomic E-state index is -0.512. The van der Waals surface area contributed by atoms with Crippen LogP contribution in [0.15, 0.2) is 18.2 Å². The number of rotatable bonds is 7. The number of unbranched alkanes of at least 4 members (excludes halogenated alkanes) is 1. The zero-order valence-corrected chi connectivity index (χ0v) is 10.9. The fourth-order valence-electron chi connectivity index (χ4n) is 1.78. The lowest BCUT2D eigenvalue weighted by molar-refractivity contribution is -0.384. The van der Waals surface area contributed by atoms with Gasteiger partial charge in [0.15, 0.2) is 0 Å². The maximum absolute atomic E-state index is 10.7. The van der Waals surface area contributed by atoms with Gasteiger partial charge in [-0.15, -0.1) is 0 Å². The van der Waals surface area contributed by atoms with Gasteiger partial charge in [-0.05, 0) is 12.5 Å². The molecule has 0 bridgehead atoms. The van der Waals surface area contributed by atoms with Gasteiger partial charge >= 0.3 is 0 Å². The van der Waals surface area contributed by atoms with E-state index >= 15 is 0 Å². The summed E-state index contributed by atoms with van der Waals surface area (Å²) in [6.07, 6.45) is 3.03. The lowest BCUT2D eigenvalue weighted by Gasteiger charge is -2.18. The molecule has 6 nitrogen and oxygen atoms in total. The first-order chi connectivity index (χ1) is 9.12. The van der Waals surface area contributed by atoms with Crippen LogP contribution in [0.4, 0.5) is 11.4 Å². The summed E-state index contributed by atoms with van der Waals surface area (Å²) in [5.74, 6) is 0. The van der Waals surface area contributed by atoms with E-state index < -0.39 is 4.92 Å². The summed E-state index contributed by atoms with van der Waals surface area (Å²) >= 11 is 0. The number of hydrogen-bond donors (Lipinski definition) is 2. The monoisotopic (exact) mass is 262 g/mol. The molecule has 0 heterocycles. The van der Waals surface area contributed by atoms with Crippen molar-refractivity contribution in [2.24, 2.45) is 5.73 Å². The Balaban J connectivity index is 2.88. The molecule has 3 N–H and O–H groups in total. The molecule has 0 aliphatic rings. The molecule has 1 rings (SSSR count). The molecule has 1 unspecified atom stereocenters. The Morgan fingerprint density at radius 3 is 2.84 bits per heavy atom. The van der Waals surface area contributed by atoms with E-state index in [1.54, 1.807) is 6.07 Å². The quantitative estimate of drug-likeness (QED) is 0.579. The van der Waals surface area contributed by atoms with Crippen molar-refractivity contribution < 1.29 is 4.92 Å². The number of anilines is 1. The molecule has 6 heteroatoms. The van der Waals surface area contributed by atoms with Gasteiger partial charge in [-0.2, -0.15) is 5.26 Å². The van der Waals surface area contributed by atoms with Gasteiger partial charge in [-0.25, -0.2) is 0 Å². The highest BCUT2D eigenvalue weighted by molar-refractivity contribution is 5.61. The number of nitriles is 1. The van der Waals surface area contributed by atoms with Crippen LogP contribution < -0.4 is 11.1 Å². The van der Waals surface area contributed by atoms with E-state index in [1.807, 2.05) is 6.07 Å². The summed E-state index contributed by atoms with van der Waals surface area (Å²) in [7, 11) is 0. The van der Waals surface area contributed by atoms with Crippen molar-refractivity contribution in [1.82, 2.24) is 0 Å². The van der Waals surface area contributed by atoms with Crippen LogP contribution in [0.5, 0.6) is 0 Å². The van der Waals surface area contributed by atoms with Crippen molar-refractivity contribution in [2.45, 2.75) is 32.2 Å². The number of hydrogen-bond acceptors (Lipinski definition) is 5. The Kier molecular flexibility index (Phi) is 5.76. The molecule has 1 aromatic rings. The molecule has 0 radical (unpaired) electrons. The van der Waals surface area contributed by atoms with Gasteiger partial charge in [0.25, 0.3) is 5.69 Å². The fraction of sp³-hybridized carbons (Fsp3) is 0.462. The van der Waals surface area contributed by atoms with E-state index in [9.17, 15) is 10.1 Å². The Morgan fingerprint density at radius 2 is 2.32 bits per heavy atom. The van der Waals surface area contributed by atoms with Crippen LogP contribution in [0, 0.1) is 21.4 Å². The topological polar surface area (TPSA) is 105 Å². The highest BCUT2D eigenvalue weighted by Crippen LogP contribution is 2.22. The predicted molar refractivity (Wildman–Crippen MR) is 73.8 cm³/mol. The summed E-state index contributed by atoms with van der Waals surface area (Å²) < 4.78 is 0. The molecule has 0 spiro atoms. The van der Waals surface area contributed by atoms with Crippen LogP contribution in [0.3, 0.4) is 0 Å². The van der Waals surface area contributed by atoms with Crippen molar-refractivity contribution in [3.8, 4) is 6.07 Å². The summed E-state index contributed by atoms with van der Waals surface area (Å²) in [5, 5.41) is 22.9. The number of nitrogens with one attached hydrogen (secondary N) is 1. The van der Waals surface area contributed by atoms with Gasteiger partial charge < -0.3 is 11.1 Å². The molecule has 0 aliphatic heterocycles. The van der Waals surface area contributed by atoms with Crippen LogP contribution in [0.1, 0.15) is 31.7 Å². The average molecular weight is 262 g/mol. The van der Waals surface area contributed by atoms with Crippen molar-refractivity contribution >= 4 is 11.4 Å². The first-order valence-corrected chi connectivity index (χ1v) is 6.27. The normalized spacial score (nSPS) is 11.6. The molecule has 0 saturated carbocycles. The van der Waals surface area contributed by atoms with Gasteiger partial charge in [0, 0.05) is 24.7 Å². The second-order valence-electron chi connectivity index (χ2n) is 4.32. The lowest BCUT2D eigenvalue weighted by atomic mass is 10.1. The number of non-ortho nitro benzene ring substituents is 1. The van der Waals surface area contributed by atoms with E-state index in [4.69, 9.17) is 11.0 Å². The second-order valence-corrected chi connectivity index (χ2v) is 4.32.